The van der Waals surface area contributed by atoms with E-state index < -0.39 is 0 Å². The van der Waals surface area contributed by atoms with Crippen molar-refractivity contribution >= 4 is 11.6 Å². The molecule has 0 bridgehead atoms. The Balaban J connectivity index is 1.21. The lowest BCUT2D eigenvalue weighted by Crippen LogP contribution is -2.48. The molecule has 1 aromatic heterocycles. The van der Waals surface area contributed by atoms with Crippen LogP contribution in [-0.4, -0.2) is 59.2 Å². The van der Waals surface area contributed by atoms with Crippen LogP contribution in [0, 0.1) is 0 Å². The number of carbonyl (C=O) groups excluding carboxylic acids is 1. The van der Waals surface area contributed by atoms with E-state index in [1.807, 2.05) is 65.8 Å². The molecule has 1 aliphatic heterocycles. The highest BCUT2D eigenvalue weighted by Gasteiger charge is 2.21. The maximum absolute atomic E-state index is 12.7. The van der Waals surface area contributed by atoms with Crippen molar-refractivity contribution in [2.45, 2.75) is 19.5 Å². The van der Waals surface area contributed by atoms with E-state index in [9.17, 15) is 4.79 Å². The van der Waals surface area contributed by atoms with E-state index in [1.165, 1.54) is 11.1 Å². The van der Waals surface area contributed by atoms with Gasteiger partial charge in [-0.1, -0.05) is 24.3 Å². The predicted molar refractivity (Wildman–Crippen MR) is 121 cm³/mol. The molecule has 1 fully saturated rings. The van der Waals surface area contributed by atoms with Crippen molar-refractivity contribution in [3.63, 3.8) is 0 Å². The molecule has 0 spiro atoms. The van der Waals surface area contributed by atoms with Gasteiger partial charge in [0, 0.05) is 56.7 Å². The predicted octanol–water partition coefficient (Wildman–Crippen LogP) is 2.92. The number of hydrogen-bond acceptors (Lipinski definition) is 5. The number of benzene rings is 2. The van der Waals surface area contributed by atoms with E-state index in [0.717, 1.165) is 56.3 Å². The Morgan fingerprint density at radius 2 is 1.71 bits per heavy atom. The lowest BCUT2D eigenvalue weighted by molar-refractivity contribution is -0.132. The molecule has 0 aliphatic carbocycles. The fourth-order valence-electron chi connectivity index (χ4n) is 3.75. The highest BCUT2D eigenvalue weighted by molar-refractivity contribution is 5.79. The van der Waals surface area contributed by atoms with Crippen molar-refractivity contribution in [1.29, 1.82) is 0 Å². The first-order valence-electron chi connectivity index (χ1n) is 10.6. The smallest absolute Gasteiger partial charge is 0.227 e. The van der Waals surface area contributed by atoms with Crippen LogP contribution in [0.2, 0.25) is 0 Å². The summed E-state index contributed by atoms with van der Waals surface area (Å²) < 4.78 is 5.19. The zero-order chi connectivity index (χ0) is 21.5. The highest BCUT2D eigenvalue weighted by Crippen LogP contribution is 2.15. The Morgan fingerprint density at radius 1 is 1.00 bits per heavy atom. The average molecular weight is 420 g/mol. The molecular formula is C24H29N5O2. The number of aromatic amines is 1. The van der Waals surface area contributed by atoms with Crippen molar-refractivity contribution in [2.75, 3.05) is 38.6 Å². The molecule has 1 amide bonds. The Hall–Kier alpha value is -3.32. The van der Waals surface area contributed by atoms with Gasteiger partial charge in [0.2, 0.25) is 5.91 Å². The monoisotopic (exact) mass is 419 g/mol. The minimum Gasteiger partial charge on any atom is -0.497 e. The second kappa shape index (κ2) is 10.1. The molecule has 1 saturated heterocycles. The van der Waals surface area contributed by atoms with Crippen LogP contribution >= 0.6 is 0 Å². The molecule has 162 valence electrons. The third-order valence-corrected chi connectivity index (χ3v) is 5.65. The largest absolute Gasteiger partial charge is 0.497 e. The lowest BCUT2D eigenvalue weighted by atomic mass is 10.1. The molecule has 3 aromatic rings. The summed E-state index contributed by atoms with van der Waals surface area (Å²) in [5.41, 5.74) is 4.45. The van der Waals surface area contributed by atoms with Crippen LogP contribution in [0.3, 0.4) is 0 Å². The lowest BCUT2D eigenvalue weighted by Gasteiger charge is -2.34. The second-order valence-electron chi connectivity index (χ2n) is 7.84. The summed E-state index contributed by atoms with van der Waals surface area (Å²) in [6.45, 7) is 4.96. The summed E-state index contributed by atoms with van der Waals surface area (Å²) in [6.07, 6.45) is 4.22. The SMILES string of the molecule is COc1ccc(CNc2ccc(CC(=O)N3CCN(Cc4cn[nH]c4)CC3)cc2)cc1. The van der Waals surface area contributed by atoms with Crippen molar-refractivity contribution < 1.29 is 9.53 Å². The Bertz CT molecular complexity index is 947. The molecule has 0 saturated carbocycles. The second-order valence-corrected chi connectivity index (χ2v) is 7.84. The van der Waals surface area contributed by atoms with E-state index in [1.54, 1.807) is 7.11 Å². The van der Waals surface area contributed by atoms with Gasteiger partial charge in [-0.2, -0.15) is 5.10 Å². The molecule has 2 aromatic carbocycles. The number of rotatable bonds is 8. The number of piperazine rings is 1. The minimum atomic E-state index is 0.196. The molecule has 0 unspecified atom stereocenters. The quantitative estimate of drug-likeness (QED) is 0.587. The standard InChI is InChI=1S/C24H29N5O2/c1-31-23-8-4-20(5-9-23)15-25-22-6-2-19(3-7-22)14-24(30)29-12-10-28(11-13-29)18-21-16-26-27-17-21/h2-9,16-17,25H,10-15,18H2,1H3,(H,26,27). The molecule has 7 heteroatoms. The maximum Gasteiger partial charge on any atom is 0.227 e. The topological polar surface area (TPSA) is 73.5 Å². The van der Waals surface area contributed by atoms with Gasteiger partial charge < -0.3 is 15.0 Å². The number of ether oxygens (including phenoxy) is 1. The van der Waals surface area contributed by atoms with Gasteiger partial charge in [0.1, 0.15) is 5.75 Å². The van der Waals surface area contributed by atoms with Crippen molar-refractivity contribution in [1.82, 2.24) is 20.0 Å². The maximum atomic E-state index is 12.7. The Kier molecular flexibility index (Phi) is 6.84. The summed E-state index contributed by atoms with van der Waals surface area (Å²) >= 11 is 0. The van der Waals surface area contributed by atoms with E-state index in [4.69, 9.17) is 4.74 Å². The van der Waals surface area contributed by atoms with Gasteiger partial charge in [-0.05, 0) is 35.4 Å². The van der Waals surface area contributed by atoms with Gasteiger partial charge in [-0.25, -0.2) is 0 Å². The number of H-pyrrole nitrogens is 1. The first-order valence-corrected chi connectivity index (χ1v) is 10.6. The van der Waals surface area contributed by atoms with Crippen LogP contribution in [0.15, 0.2) is 60.9 Å². The summed E-state index contributed by atoms with van der Waals surface area (Å²) in [5.74, 6) is 1.05. The Labute approximate surface area is 183 Å². The van der Waals surface area contributed by atoms with E-state index in [-0.39, 0.29) is 5.91 Å². The number of anilines is 1. The molecule has 31 heavy (non-hydrogen) atoms. The molecule has 4 rings (SSSR count). The highest BCUT2D eigenvalue weighted by atomic mass is 16.5. The third kappa shape index (κ3) is 5.86. The van der Waals surface area contributed by atoms with Crippen LogP contribution < -0.4 is 10.1 Å². The van der Waals surface area contributed by atoms with Gasteiger partial charge in [0.25, 0.3) is 0 Å². The third-order valence-electron chi connectivity index (χ3n) is 5.65. The average Bonchev–Trinajstić information content (AvgIpc) is 3.32. The van der Waals surface area contributed by atoms with Crippen molar-refractivity contribution in [3.8, 4) is 5.75 Å². The zero-order valence-electron chi connectivity index (χ0n) is 17.9. The number of aromatic nitrogens is 2. The fraction of sp³-hybridized carbons (Fsp3) is 0.333. The van der Waals surface area contributed by atoms with Gasteiger partial charge in [0.15, 0.2) is 0 Å². The molecule has 2 heterocycles. The molecule has 1 aliphatic rings. The number of methoxy groups -OCH3 is 1. The number of amides is 1. The van der Waals surface area contributed by atoms with Crippen LogP contribution in [0.5, 0.6) is 5.75 Å². The molecule has 2 N–H and O–H groups in total. The summed E-state index contributed by atoms with van der Waals surface area (Å²) in [4.78, 5) is 17.0. The van der Waals surface area contributed by atoms with Crippen LogP contribution in [0.1, 0.15) is 16.7 Å². The van der Waals surface area contributed by atoms with E-state index >= 15 is 0 Å². The molecule has 0 atom stereocenters. The number of hydrogen-bond donors (Lipinski definition) is 2. The first kappa shape index (κ1) is 20.9. The zero-order valence-corrected chi connectivity index (χ0v) is 17.9. The van der Waals surface area contributed by atoms with Crippen LogP contribution in [0.4, 0.5) is 5.69 Å². The molecular weight excluding hydrogens is 390 g/mol. The molecule has 0 radical (unpaired) electrons. The summed E-state index contributed by atoms with van der Waals surface area (Å²) in [5, 5.41) is 10.3. The minimum absolute atomic E-state index is 0.196. The van der Waals surface area contributed by atoms with Crippen LogP contribution in [0.25, 0.3) is 0 Å². The first-order chi connectivity index (χ1) is 15.2. The number of carbonyl (C=O) groups is 1. The number of nitrogens with zero attached hydrogens (tertiary/aromatic N) is 3. The van der Waals surface area contributed by atoms with Crippen molar-refractivity contribution in [3.05, 3.63) is 77.6 Å². The van der Waals surface area contributed by atoms with Gasteiger partial charge in [0.05, 0.1) is 19.7 Å². The van der Waals surface area contributed by atoms with Gasteiger partial charge in [-0.15, -0.1) is 0 Å². The Morgan fingerprint density at radius 3 is 2.35 bits per heavy atom. The van der Waals surface area contributed by atoms with E-state index in [2.05, 4.69) is 20.4 Å². The molecule has 7 nitrogen and oxygen atoms in total. The van der Waals surface area contributed by atoms with E-state index in [0.29, 0.717) is 6.42 Å². The van der Waals surface area contributed by atoms with Crippen molar-refractivity contribution in [2.24, 2.45) is 0 Å². The fourth-order valence-corrected chi connectivity index (χ4v) is 3.75. The summed E-state index contributed by atoms with van der Waals surface area (Å²) in [6, 6.07) is 16.2. The summed E-state index contributed by atoms with van der Waals surface area (Å²) in [7, 11) is 1.67. The number of nitrogens with one attached hydrogen (secondary N) is 2. The normalized spacial score (nSPS) is 14.4. The van der Waals surface area contributed by atoms with Gasteiger partial charge in [-0.3, -0.25) is 14.8 Å². The van der Waals surface area contributed by atoms with Crippen LogP contribution in [-0.2, 0) is 24.3 Å². The van der Waals surface area contributed by atoms with Gasteiger partial charge >= 0.3 is 0 Å².